The zero-order chi connectivity index (χ0) is 18.6. The van der Waals surface area contributed by atoms with Gasteiger partial charge in [0.05, 0.1) is 5.56 Å². The first-order valence-corrected chi connectivity index (χ1v) is 9.62. The molecule has 2 atom stereocenters. The zero-order valence-corrected chi connectivity index (χ0v) is 15.2. The minimum Gasteiger partial charge on any atom is -0.367 e. The molecule has 6 nitrogen and oxygen atoms in total. The van der Waals surface area contributed by atoms with Crippen molar-refractivity contribution in [3.8, 4) is 0 Å². The summed E-state index contributed by atoms with van der Waals surface area (Å²) in [6.07, 6.45) is 4.75. The van der Waals surface area contributed by atoms with E-state index in [2.05, 4.69) is 25.8 Å². The Labute approximate surface area is 159 Å². The summed E-state index contributed by atoms with van der Waals surface area (Å²) in [4.78, 5) is 16.5. The molecule has 1 aliphatic carbocycles. The van der Waals surface area contributed by atoms with Crippen LogP contribution in [-0.2, 0) is 0 Å². The average molecular weight is 383 g/mol. The summed E-state index contributed by atoms with van der Waals surface area (Å²) in [6.45, 7) is 0. The highest BCUT2D eigenvalue weighted by Gasteiger charge is 2.28. The SMILES string of the molecule is O=C(Nc1nncs1)c1ccc(NC2CCCC2c2ccc(F)cc2)nc1. The molecular formula is C19H18FN5OS. The molecule has 1 fully saturated rings. The number of nitrogens with one attached hydrogen (secondary N) is 2. The van der Waals surface area contributed by atoms with Gasteiger partial charge in [-0.25, -0.2) is 9.37 Å². The molecule has 138 valence electrons. The van der Waals surface area contributed by atoms with Crippen LogP contribution >= 0.6 is 11.3 Å². The van der Waals surface area contributed by atoms with Gasteiger partial charge in [0, 0.05) is 18.2 Å². The van der Waals surface area contributed by atoms with Gasteiger partial charge in [0.25, 0.3) is 5.91 Å². The number of hydrogen-bond donors (Lipinski definition) is 2. The Morgan fingerprint density at radius 3 is 2.70 bits per heavy atom. The minimum absolute atomic E-state index is 0.217. The predicted molar refractivity (Wildman–Crippen MR) is 103 cm³/mol. The van der Waals surface area contributed by atoms with E-state index in [4.69, 9.17) is 0 Å². The first kappa shape index (κ1) is 17.5. The highest BCUT2D eigenvalue weighted by Crippen LogP contribution is 2.36. The highest BCUT2D eigenvalue weighted by molar-refractivity contribution is 7.13. The van der Waals surface area contributed by atoms with Crippen LogP contribution in [0.25, 0.3) is 0 Å². The van der Waals surface area contributed by atoms with Crippen molar-refractivity contribution in [1.82, 2.24) is 15.2 Å². The molecule has 27 heavy (non-hydrogen) atoms. The molecule has 0 aliphatic heterocycles. The number of hydrogen-bond acceptors (Lipinski definition) is 6. The Morgan fingerprint density at radius 1 is 1.15 bits per heavy atom. The molecule has 1 amide bonds. The van der Waals surface area contributed by atoms with Crippen molar-refractivity contribution in [3.63, 3.8) is 0 Å². The first-order chi connectivity index (χ1) is 13.2. The third-order valence-electron chi connectivity index (χ3n) is 4.75. The summed E-state index contributed by atoms with van der Waals surface area (Å²) in [5.41, 5.74) is 3.15. The molecule has 0 spiro atoms. The van der Waals surface area contributed by atoms with E-state index in [0.29, 0.717) is 16.6 Å². The number of pyridine rings is 1. The van der Waals surface area contributed by atoms with Crippen LogP contribution in [0.15, 0.2) is 48.1 Å². The Bertz CT molecular complexity index is 899. The molecule has 2 unspecified atom stereocenters. The quantitative estimate of drug-likeness (QED) is 0.694. The van der Waals surface area contributed by atoms with Gasteiger partial charge in [0.15, 0.2) is 0 Å². The molecule has 4 rings (SSSR count). The van der Waals surface area contributed by atoms with Gasteiger partial charge in [-0.3, -0.25) is 10.1 Å². The molecule has 1 aliphatic rings. The Hall–Kier alpha value is -2.87. The van der Waals surface area contributed by atoms with Crippen LogP contribution in [0.4, 0.5) is 15.3 Å². The lowest BCUT2D eigenvalue weighted by molar-refractivity contribution is 0.102. The van der Waals surface area contributed by atoms with Crippen molar-refractivity contribution in [1.29, 1.82) is 0 Å². The number of benzene rings is 1. The van der Waals surface area contributed by atoms with Crippen LogP contribution in [0.2, 0.25) is 0 Å². The lowest BCUT2D eigenvalue weighted by atomic mass is 9.94. The van der Waals surface area contributed by atoms with Gasteiger partial charge < -0.3 is 5.32 Å². The van der Waals surface area contributed by atoms with Gasteiger partial charge in [0.2, 0.25) is 5.13 Å². The molecule has 1 saturated carbocycles. The standard InChI is InChI=1S/C19H18FN5OS/c20-14-7-4-12(5-8-14)15-2-1-3-16(15)23-17-9-6-13(10-21-17)18(26)24-19-25-22-11-27-19/h4-11,15-16H,1-3H2,(H,21,23)(H,24,25,26). The summed E-state index contributed by atoms with van der Waals surface area (Å²) >= 11 is 1.26. The number of nitrogens with zero attached hydrogens (tertiary/aromatic N) is 3. The van der Waals surface area contributed by atoms with E-state index in [-0.39, 0.29) is 17.8 Å². The fourth-order valence-corrected chi connectivity index (χ4v) is 3.88. The summed E-state index contributed by atoms with van der Waals surface area (Å²) < 4.78 is 13.2. The lowest BCUT2D eigenvalue weighted by Crippen LogP contribution is -2.23. The predicted octanol–water partition coefficient (Wildman–Crippen LogP) is 4.07. The number of halogens is 1. The summed E-state index contributed by atoms with van der Waals surface area (Å²) in [6, 6.07) is 10.5. The van der Waals surface area contributed by atoms with Crippen LogP contribution in [0, 0.1) is 5.82 Å². The average Bonchev–Trinajstić information content (AvgIpc) is 3.35. The molecule has 1 aromatic carbocycles. The molecule has 8 heteroatoms. The van der Waals surface area contributed by atoms with Gasteiger partial charge in [0.1, 0.15) is 17.1 Å². The smallest absolute Gasteiger partial charge is 0.259 e. The van der Waals surface area contributed by atoms with Crippen molar-refractivity contribution in [2.24, 2.45) is 0 Å². The van der Waals surface area contributed by atoms with E-state index >= 15 is 0 Å². The molecule has 0 radical (unpaired) electrons. The van der Waals surface area contributed by atoms with E-state index in [1.165, 1.54) is 23.5 Å². The lowest BCUT2D eigenvalue weighted by Gasteiger charge is -2.22. The van der Waals surface area contributed by atoms with Crippen molar-refractivity contribution >= 4 is 28.2 Å². The third-order valence-corrected chi connectivity index (χ3v) is 5.36. The number of anilines is 2. The van der Waals surface area contributed by atoms with Crippen molar-refractivity contribution in [3.05, 3.63) is 65.0 Å². The van der Waals surface area contributed by atoms with Crippen molar-refractivity contribution in [2.75, 3.05) is 10.6 Å². The maximum Gasteiger partial charge on any atom is 0.259 e. The Balaban J connectivity index is 1.41. The fourth-order valence-electron chi connectivity index (χ4n) is 3.44. The molecule has 0 bridgehead atoms. The third kappa shape index (κ3) is 4.11. The van der Waals surface area contributed by atoms with Gasteiger partial charge in [-0.1, -0.05) is 29.9 Å². The molecule has 2 heterocycles. The van der Waals surface area contributed by atoms with E-state index < -0.39 is 0 Å². The normalized spacial score (nSPS) is 19.0. The fraction of sp³-hybridized carbons (Fsp3) is 0.263. The van der Waals surface area contributed by atoms with E-state index in [9.17, 15) is 9.18 Å². The maximum absolute atomic E-state index is 13.2. The summed E-state index contributed by atoms with van der Waals surface area (Å²) in [5, 5.41) is 14.1. The van der Waals surface area contributed by atoms with Gasteiger partial charge >= 0.3 is 0 Å². The largest absolute Gasteiger partial charge is 0.367 e. The summed E-state index contributed by atoms with van der Waals surface area (Å²) in [7, 11) is 0. The second-order valence-electron chi connectivity index (χ2n) is 6.47. The number of carbonyl (C=O) groups is 1. The second kappa shape index (κ2) is 7.79. The molecule has 3 aromatic rings. The van der Waals surface area contributed by atoms with E-state index in [0.717, 1.165) is 30.6 Å². The summed E-state index contributed by atoms with van der Waals surface area (Å²) in [5.74, 6) is 0.565. The molecule has 0 saturated heterocycles. The van der Waals surface area contributed by atoms with Crippen LogP contribution in [0.5, 0.6) is 0 Å². The first-order valence-electron chi connectivity index (χ1n) is 8.74. The molecular weight excluding hydrogens is 365 g/mol. The van der Waals surface area contributed by atoms with Gasteiger partial charge in [-0.2, -0.15) is 0 Å². The van der Waals surface area contributed by atoms with E-state index in [1.807, 2.05) is 12.1 Å². The van der Waals surface area contributed by atoms with Crippen molar-refractivity contribution in [2.45, 2.75) is 31.2 Å². The minimum atomic E-state index is -0.268. The van der Waals surface area contributed by atoms with Gasteiger partial charge in [-0.15, -0.1) is 10.2 Å². The van der Waals surface area contributed by atoms with Gasteiger partial charge in [-0.05, 0) is 42.7 Å². The van der Waals surface area contributed by atoms with Crippen molar-refractivity contribution < 1.29 is 9.18 Å². The second-order valence-corrected chi connectivity index (χ2v) is 7.30. The monoisotopic (exact) mass is 383 g/mol. The van der Waals surface area contributed by atoms with Crippen LogP contribution < -0.4 is 10.6 Å². The molecule has 2 aromatic heterocycles. The number of amides is 1. The van der Waals surface area contributed by atoms with E-state index in [1.54, 1.807) is 23.8 Å². The number of carbonyl (C=O) groups excluding carboxylic acids is 1. The number of aromatic nitrogens is 3. The Morgan fingerprint density at radius 2 is 2.00 bits per heavy atom. The maximum atomic E-state index is 13.2. The van der Waals surface area contributed by atoms with Crippen LogP contribution in [-0.4, -0.2) is 27.1 Å². The highest BCUT2D eigenvalue weighted by atomic mass is 32.1. The Kier molecular flexibility index (Phi) is 5.06. The zero-order valence-electron chi connectivity index (χ0n) is 14.4. The topological polar surface area (TPSA) is 79.8 Å². The number of rotatable bonds is 5. The molecule has 2 N–H and O–H groups in total. The van der Waals surface area contributed by atoms with Crippen LogP contribution in [0.3, 0.4) is 0 Å². The van der Waals surface area contributed by atoms with Crippen LogP contribution in [0.1, 0.15) is 41.1 Å².